The number of nitriles is 1. The van der Waals surface area contributed by atoms with Gasteiger partial charge in [0.05, 0.1) is 17.0 Å². The molecule has 1 amide bonds. The van der Waals surface area contributed by atoms with Gasteiger partial charge in [0.25, 0.3) is 0 Å². The van der Waals surface area contributed by atoms with Gasteiger partial charge in [-0.2, -0.15) is 5.26 Å². The average Bonchev–Trinajstić information content (AvgIpc) is 3.15. The Morgan fingerprint density at radius 2 is 1.89 bits per heavy atom. The molecule has 2 N–H and O–H groups in total. The molecule has 0 fully saturated rings. The summed E-state index contributed by atoms with van der Waals surface area (Å²) < 4.78 is 0. The molecule has 1 aromatic heterocycles. The molecule has 28 heavy (non-hydrogen) atoms. The summed E-state index contributed by atoms with van der Waals surface area (Å²) in [7, 11) is 0. The zero-order valence-electron chi connectivity index (χ0n) is 16.0. The number of benzene rings is 2. The highest BCUT2D eigenvalue weighted by Crippen LogP contribution is 2.25. The second-order valence-electron chi connectivity index (χ2n) is 7.29. The number of amides is 1. The summed E-state index contributed by atoms with van der Waals surface area (Å²) in [6.45, 7) is 6.52. The van der Waals surface area contributed by atoms with Gasteiger partial charge in [-0.05, 0) is 23.1 Å². The largest absolute Gasteiger partial charge is 0.324 e. The second-order valence-corrected chi connectivity index (χ2v) is 8.23. The molecule has 3 rings (SSSR count). The number of anilines is 1. The first kappa shape index (κ1) is 19.6. The molecule has 0 aliphatic carbocycles. The van der Waals surface area contributed by atoms with E-state index in [0.717, 1.165) is 5.56 Å². The van der Waals surface area contributed by atoms with E-state index in [1.807, 2.05) is 12.1 Å². The lowest BCUT2D eigenvalue weighted by atomic mass is 9.87. The molecule has 7 heteroatoms. The molecule has 0 aliphatic rings. The molecule has 0 atom stereocenters. The van der Waals surface area contributed by atoms with Crippen molar-refractivity contribution in [3.63, 3.8) is 0 Å². The van der Waals surface area contributed by atoms with Crippen LogP contribution in [0.3, 0.4) is 0 Å². The smallest absolute Gasteiger partial charge is 0.234 e. The van der Waals surface area contributed by atoms with Gasteiger partial charge >= 0.3 is 0 Å². The lowest BCUT2D eigenvalue weighted by Crippen LogP contribution is -2.15. The number of rotatable bonds is 5. The number of para-hydroxylation sites is 1. The van der Waals surface area contributed by atoms with E-state index in [-0.39, 0.29) is 17.1 Å². The fourth-order valence-corrected chi connectivity index (χ4v) is 3.17. The number of aromatic nitrogens is 3. The van der Waals surface area contributed by atoms with Gasteiger partial charge in [-0.3, -0.25) is 9.89 Å². The van der Waals surface area contributed by atoms with Gasteiger partial charge in [0.2, 0.25) is 11.1 Å². The molecule has 0 saturated carbocycles. The van der Waals surface area contributed by atoms with Crippen molar-refractivity contribution in [2.45, 2.75) is 31.3 Å². The van der Waals surface area contributed by atoms with Crippen LogP contribution in [0.5, 0.6) is 0 Å². The lowest BCUT2D eigenvalue weighted by Gasteiger charge is -2.18. The van der Waals surface area contributed by atoms with Crippen molar-refractivity contribution in [3.8, 4) is 17.5 Å². The predicted octanol–water partition coefficient (Wildman–Crippen LogP) is 4.37. The Hall–Kier alpha value is -3.11. The van der Waals surface area contributed by atoms with Crippen molar-refractivity contribution in [1.82, 2.24) is 15.2 Å². The van der Waals surface area contributed by atoms with E-state index < -0.39 is 0 Å². The molecule has 6 nitrogen and oxygen atoms in total. The zero-order chi connectivity index (χ0) is 20.1. The summed E-state index contributed by atoms with van der Waals surface area (Å²) in [6, 6.07) is 17.2. The van der Waals surface area contributed by atoms with Gasteiger partial charge in [0.15, 0.2) is 5.82 Å². The summed E-state index contributed by atoms with van der Waals surface area (Å²) in [6.07, 6.45) is 0. The highest BCUT2D eigenvalue weighted by atomic mass is 32.2. The third-order valence-corrected chi connectivity index (χ3v) is 4.99. The summed E-state index contributed by atoms with van der Waals surface area (Å²) in [5.74, 6) is 0.604. The maximum absolute atomic E-state index is 12.2. The number of nitrogens with one attached hydrogen (secondary N) is 2. The lowest BCUT2D eigenvalue weighted by molar-refractivity contribution is -0.113. The van der Waals surface area contributed by atoms with E-state index in [1.165, 1.54) is 17.3 Å². The third kappa shape index (κ3) is 4.78. The van der Waals surface area contributed by atoms with Gasteiger partial charge in [0.1, 0.15) is 6.07 Å². The number of hydrogen-bond acceptors (Lipinski definition) is 5. The van der Waals surface area contributed by atoms with E-state index in [4.69, 9.17) is 5.26 Å². The Morgan fingerprint density at radius 1 is 1.18 bits per heavy atom. The van der Waals surface area contributed by atoms with E-state index in [0.29, 0.717) is 22.2 Å². The topological polar surface area (TPSA) is 94.5 Å². The van der Waals surface area contributed by atoms with Crippen molar-refractivity contribution in [2.24, 2.45) is 0 Å². The van der Waals surface area contributed by atoms with E-state index >= 15 is 0 Å². The van der Waals surface area contributed by atoms with Gasteiger partial charge in [0, 0.05) is 5.56 Å². The molecule has 0 radical (unpaired) electrons. The van der Waals surface area contributed by atoms with Crippen molar-refractivity contribution in [2.75, 3.05) is 11.1 Å². The number of H-pyrrole nitrogens is 1. The highest BCUT2D eigenvalue weighted by molar-refractivity contribution is 7.99. The predicted molar refractivity (Wildman–Crippen MR) is 111 cm³/mol. The van der Waals surface area contributed by atoms with Gasteiger partial charge in [-0.1, -0.05) is 68.9 Å². The van der Waals surface area contributed by atoms with Crippen LogP contribution in [0.25, 0.3) is 11.4 Å². The molecular weight excluding hydrogens is 370 g/mol. The van der Waals surface area contributed by atoms with E-state index in [1.54, 1.807) is 24.3 Å². The van der Waals surface area contributed by atoms with Crippen LogP contribution in [0.2, 0.25) is 0 Å². The van der Waals surface area contributed by atoms with Crippen molar-refractivity contribution in [1.29, 1.82) is 5.26 Å². The molecule has 0 spiro atoms. The second kappa shape index (κ2) is 8.28. The van der Waals surface area contributed by atoms with Crippen LogP contribution < -0.4 is 5.32 Å². The summed E-state index contributed by atoms with van der Waals surface area (Å²) in [4.78, 5) is 16.6. The fraction of sp³-hybridized carbons (Fsp3) is 0.238. The molecule has 0 saturated heterocycles. The van der Waals surface area contributed by atoms with Crippen LogP contribution in [-0.4, -0.2) is 26.8 Å². The fourth-order valence-electron chi connectivity index (χ4n) is 2.57. The minimum absolute atomic E-state index is 0.0957. The summed E-state index contributed by atoms with van der Waals surface area (Å²) in [5.41, 5.74) is 3.22. The van der Waals surface area contributed by atoms with Gasteiger partial charge in [-0.15, -0.1) is 5.10 Å². The Kier molecular flexibility index (Phi) is 5.81. The number of nitrogens with zero attached hydrogens (tertiary/aromatic N) is 3. The number of carbonyl (C=O) groups is 1. The van der Waals surface area contributed by atoms with Crippen LogP contribution in [0.15, 0.2) is 53.7 Å². The highest BCUT2D eigenvalue weighted by Gasteiger charge is 2.14. The molecule has 0 unspecified atom stereocenters. The quantitative estimate of drug-likeness (QED) is 0.630. The molecule has 1 heterocycles. The minimum atomic E-state index is -0.214. The Bertz CT molecular complexity index is 1010. The number of thioether (sulfide) groups is 1. The maximum atomic E-state index is 12.2. The number of aromatic amines is 1. The number of hydrogen-bond donors (Lipinski definition) is 2. The van der Waals surface area contributed by atoms with Gasteiger partial charge in [-0.25, -0.2) is 4.98 Å². The molecule has 2 aromatic carbocycles. The van der Waals surface area contributed by atoms with Crippen LogP contribution in [0.1, 0.15) is 31.9 Å². The van der Waals surface area contributed by atoms with Crippen molar-refractivity contribution < 1.29 is 4.79 Å². The zero-order valence-corrected chi connectivity index (χ0v) is 16.8. The first-order valence-electron chi connectivity index (χ1n) is 8.82. The summed E-state index contributed by atoms with van der Waals surface area (Å²) in [5, 5.41) is 19.4. The molecule has 142 valence electrons. The SMILES string of the molecule is CC(C)(C)c1ccc(-c2nc(SCC(=O)Nc3ccccc3C#N)n[nH]2)cc1. The summed E-state index contributed by atoms with van der Waals surface area (Å²) >= 11 is 1.24. The Morgan fingerprint density at radius 3 is 2.57 bits per heavy atom. The van der Waals surface area contributed by atoms with Crippen molar-refractivity contribution in [3.05, 3.63) is 59.7 Å². The average molecular weight is 392 g/mol. The molecule has 3 aromatic rings. The first-order valence-corrected chi connectivity index (χ1v) is 9.80. The van der Waals surface area contributed by atoms with Crippen molar-refractivity contribution >= 4 is 23.4 Å². The van der Waals surface area contributed by atoms with E-state index in [9.17, 15) is 4.79 Å². The normalized spacial score (nSPS) is 11.1. The Labute approximate surface area is 168 Å². The third-order valence-electron chi connectivity index (χ3n) is 4.14. The van der Waals surface area contributed by atoms with E-state index in [2.05, 4.69) is 59.5 Å². The van der Waals surface area contributed by atoms with Crippen LogP contribution in [0.4, 0.5) is 5.69 Å². The van der Waals surface area contributed by atoms with Crippen LogP contribution in [0, 0.1) is 11.3 Å². The molecule has 0 bridgehead atoms. The van der Waals surface area contributed by atoms with Gasteiger partial charge < -0.3 is 5.32 Å². The van der Waals surface area contributed by atoms with Crippen LogP contribution in [-0.2, 0) is 10.2 Å². The first-order chi connectivity index (χ1) is 13.4. The molecular formula is C21H21N5OS. The maximum Gasteiger partial charge on any atom is 0.234 e. The monoisotopic (exact) mass is 391 g/mol. The minimum Gasteiger partial charge on any atom is -0.324 e. The standard InChI is InChI=1S/C21H21N5OS/c1-21(2,3)16-10-8-14(9-11-16)19-24-20(26-25-19)28-13-18(27)23-17-7-5-4-6-15(17)12-22/h4-11H,13H2,1-3H3,(H,23,27)(H,24,25,26). The number of carbonyl (C=O) groups excluding carboxylic acids is 1. The molecule has 0 aliphatic heterocycles. The Balaban J connectivity index is 1.60. The van der Waals surface area contributed by atoms with Crippen LogP contribution >= 0.6 is 11.8 Å².